The van der Waals surface area contributed by atoms with Crippen LogP contribution in [0.1, 0.15) is 49.0 Å². The Morgan fingerprint density at radius 3 is 2.69 bits per heavy atom. The van der Waals surface area contributed by atoms with E-state index in [2.05, 4.69) is 15.4 Å². The minimum atomic E-state index is -0.807. The van der Waals surface area contributed by atoms with Crippen LogP contribution in [-0.2, 0) is 9.53 Å². The van der Waals surface area contributed by atoms with Crippen LogP contribution < -0.4 is 5.32 Å². The first kappa shape index (κ1) is 26.2. The molecule has 2 fully saturated rings. The van der Waals surface area contributed by atoms with E-state index in [0.29, 0.717) is 32.2 Å². The van der Waals surface area contributed by atoms with Gasteiger partial charge in [0, 0.05) is 58.0 Å². The van der Waals surface area contributed by atoms with Crippen molar-refractivity contribution < 1.29 is 27.6 Å². The number of nitrogens with one attached hydrogen (secondary N) is 1. The van der Waals surface area contributed by atoms with Crippen molar-refractivity contribution in [3.63, 3.8) is 0 Å². The van der Waals surface area contributed by atoms with Crippen LogP contribution in [-0.4, -0.2) is 79.3 Å². The third-order valence-electron chi connectivity index (χ3n) is 7.32. The maximum Gasteiger partial charge on any atom is 0.273 e. The number of likely N-dealkylation sites (N-methyl/N-ethyl adjacent to an activating group) is 1. The van der Waals surface area contributed by atoms with Gasteiger partial charge in [-0.15, -0.1) is 0 Å². The zero-order valence-electron chi connectivity index (χ0n) is 20.8. The summed E-state index contributed by atoms with van der Waals surface area (Å²) in [6.07, 6.45) is 6.58. The van der Waals surface area contributed by atoms with Crippen LogP contribution in [0.15, 0.2) is 28.8 Å². The number of methoxy groups -OCH3 is 1. The lowest BCUT2D eigenvalue weighted by Gasteiger charge is -2.43. The van der Waals surface area contributed by atoms with Crippen molar-refractivity contribution in [1.82, 2.24) is 20.3 Å². The highest BCUT2D eigenvalue weighted by Gasteiger charge is 2.39. The SMILES string of the molecule is COCCN(C)C(=O)[C@H]1CN(C2CCCCC2)CC[C@@H]1NC(=O)c1cc(-c2ccc(F)cc2F)on1. The summed E-state index contributed by atoms with van der Waals surface area (Å²) in [5.74, 6) is -2.44. The van der Waals surface area contributed by atoms with Crippen molar-refractivity contribution in [3.8, 4) is 11.3 Å². The van der Waals surface area contributed by atoms with Crippen molar-refractivity contribution in [2.45, 2.75) is 50.6 Å². The van der Waals surface area contributed by atoms with E-state index < -0.39 is 23.5 Å². The third-order valence-corrected chi connectivity index (χ3v) is 7.32. The number of halogens is 2. The molecule has 0 spiro atoms. The molecule has 1 aromatic carbocycles. The Hall–Kier alpha value is -2.85. The summed E-state index contributed by atoms with van der Waals surface area (Å²) >= 11 is 0. The van der Waals surface area contributed by atoms with E-state index in [1.165, 1.54) is 31.4 Å². The third kappa shape index (κ3) is 6.10. The molecule has 10 heteroatoms. The molecule has 2 aliphatic rings. The Bertz CT molecular complexity index is 1060. The first-order valence-corrected chi connectivity index (χ1v) is 12.6. The summed E-state index contributed by atoms with van der Waals surface area (Å²) in [5.41, 5.74) is -0.0149. The number of nitrogens with zero attached hydrogens (tertiary/aromatic N) is 3. The molecule has 196 valence electrons. The smallest absolute Gasteiger partial charge is 0.273 e. The van der Waals surface area contributed by atoms with Crippen molar-refractivity contribution in [2.75, 3.05) is 40.4 Å². The summed E-state index contributed by atoms with van der Waals surface area (Å²) in [5, 5.41) is 6.75. The Morgan fingerprint density at radius 1 is 1.19 bits per heavy atom. The fourth-order valence-corrected chi connectivity index (χ4v) is 5.24. The monoisotopic (exact) mass is 504 g/mol. The molecule has 4 rings (SSSR count). The number of rotatable bonds is 8. The van der Waals surface area contributed by atoms with Crippen LogP contribution in [0.25, 0.3) is 11.3 Å². The normalized spacial score (nSPS) is 21.3. The topological polar surface area (TPSA) is 87.9 Å². The van der Waals surface area contributed by atoms with Gasteiger partial charge in [0.05, 0.1) is 18.1 Å². The molecule has 1 aliphatic heterocycles. The highest BCUT2D eigenvalue weighted by Crippen LogP contribution is 2.29. The molecule has 2 atom stereocenters. The number of ether oxygens (including phenoxy) is 1. The number of benzene rings is 1. The molecular weight excluding hydrogens is 470 g/mol. The number of likely N-dealkylation sites (tertiary alicyclic amines) is 1. The second-order valence-electron chi connectivity index (χ2n) is 9.72. The van der Waals surface area contributed by atoms with E-state index in [1.807, 2.05) is 0 Å². The van der Waals surface area contributed by atoms with Gasteiger partial charge in [-0.1, -0.05) is 24.4 Å². The van der Waals surface area contributed by atoms with Gasteiger partial charge in [-0.25, -0.2) is 8.78 Å². The van der Waals surface area contributed by atoms with Crippen molar-refractivity contribution in [1.29, 1.82) is 0 Å². The van der Waals surface area contributed by atoms with Crippen LogP contribution in [0.5, 0.6) is 0 Å². The number of aromatic nitrogens is 1. The largest absolute Gasteiger partial charge is 0.383 e. The Kier molecular flexibility index (Phi) is 8.68. The molecule has 2 heterocycles. The van der Waals surface area contributed by atoms with Gasteiger partial charge in [0.25, 0.3) is 5.91 Å². The maximum absolute atomic E-state index is 14.1. The second-order valence-corrected chi connectivity index (χ2v) is 9.72. The zero-order valence-corrected chi connectivity index (χ0v) is 20.8. The fourth-order valence-electron chi connectivity index (χ4n) is 5.24. The molecular formula is C26H34F2N4O4. The standard InChI is InChI=1S/C26H34F2N4O4/c1-31(12-13-35-2)26(34)20-16-32(18-6-4-3-5-7-18)11-10-22(20)29-25(33)23-15-24(36-30-23)19-9-8-17(27)14-21(19)28/h8-9,14-15,18,20,22H,3-7,10-13,16H2,1-2H3,(H,29,33)/t20-,22-/m0/s1. The van der Waals surface area contributed by atoms with Gasteiger partial charge in [0.1, 0.15) is 11.6 Å². The lowest BCUT2D eigenvalue weighted by atomic mass is 9.86. The van der Waals surface area contributed by atoms with Crippen molar-refractivity contribution >= 4 is 11.8 Å². The van der Waals surface area contributed by atoms with Crippen molar-refractivity contribution in [3.05, 3.63) is 41.6 Å². The van der Waals surface area contributed by atoms with E-state index in [9.17, 15) is 18.4 Å². The van der Waals surface area contributed by atoms with Crippen molar-refractivity contribution in [2.24, 2.45) is 5.92 Å². The maximum atomic E-state index is 14.1. The van der Waals surface area contributed by atoms with Gasteiger partial charge in [0.15, 0.2) is 11.5 Å². The molecule has 1 saturated carbocycles. The predicted molar refractivity (Wildman–Crippen MR) is 129 cm³/mol. The molecule has 1 N–H and O–H groups in total. The van der Waals surface area contributed by atoms with E-state index in [1.54, 1.807) is 19.1 Å². The molecule has 0 unspecified atom stereocenters. The summed E-state index contributed by atoms with van der Waals surface area (Å²) in [7, 11) is 3.34. The summed E-state index contributed by atoms with van der Waals surface area (Å²) < 4.78 is 37.7. The number of carbonyl (C=O) groups is 2. The second kappa shape index (κ2) is 11.9. The number of piperidine rings is 1. The first-order valence-electron chi connectivity index (χ1n) is 12.6. The van der Waals surface area contributed by atoms with Gasteiger partial charge < -0.3 is 19.5 Å². The highest BCUT2D eigenvalue weighted by molar-refractivity contribution is 5.94. The molecule has 1 aliphatic carbocycles. The number of carbonyl (C=O) groups excluding carboxylic acids is 2. The number of hydrogen-bond acceptors (Lipinski definition) is 6. The lowest BCUT2D eigenvalue weighted by molar-refractivity contribution is -0.138. The minimum Gasteiger partial charge on any atom is -0.383 e. The van der Waals surface area contributed by atoms with Gasteiger partial charge >= 0.3 is 0 Å². The van der Waals surface area contributed by atoms with E-state index in [0.717, 1.165) is 31.5 Å². The van der Waals surface area contributed by atoms with Crippen LogP contribution >= 0.6 is 0 Å². The van der Waals surface area contributed by atoms with Crippen LogP contribution in [0, 0.1) is 17.6 Å². The van der Waals surface area contributed by atoms with Crippen LogP contribution in [0.3, 0.4) is 0 Å². The average molecular weight is 505 g/mol. The van der Waals surface area contributed by atoms with Gasteiger partial charge in [-0.2, -0.15) is 0 Å². The van der Waals surface area contributed by atoms with E-state index in [4.69, 9.17) is 9.26 Å². The summed E-state index contributed by atoms with van der Waals surface area (Å²) in [4.78, 5) is 30.5. The molecule has 0 radical (unpaired) electrons. The minimum absolute atomic E-state index is 0.0107. The van der Waals surface area contributed by atoms with Crippen LogP contribution in [0.2, 0.25) is 0 Å². The zero-order chi connectivity index (χ0) is 25.7. The molecule has 2 aromatic rings. The molecule has 1 saturated heterocycles. The Morgan fingerprint density at radius 2 is 1.97 bits per heavy atom. The predicted octanol–water partition coefficient (Wildman–Crippen LogP) is 3.48. The quantitative estimate of drug-likeness (QED) is 0.592. The summed E-state index contributed by atoms with van der Waals surface area (Å²) in [6, 6.07) is 4.50. The lowest BCUT2D eigenvalue weighted by Crippen LogP contribution is -2.58. The molecule has 2 amide bonds. The fraction of sp³-hybridized carbons (Fsp3) is 0.577. The average Bonchev–Trinajstić information content (AvgIpc) is 3.38. The molecule has 8 nitrogen and oxygen atoms in total. The molecule has 0 bridgehead atoms. The van der Waals surface area contributed by atoms with Gasteiger partial charge in [-0.3, -0.25) is 14.5 Å². The molecule has 1 aromatic heterocycles. The molecule has 36 heavy (non-hydrogen) atoms. The summed E-state index contributed by atoms with van der Waals surface area (Å²) in [6.45, 7) is 2.27. The van der Waals surface area contributed by atoms with Crippen LogP contribution in [0.4, 0.5) is 8.78 Å². The first-order chi connectivity index (χ1) is 17.4. The van der Waals surface area contributed by atoms with E-state index >= 15 is 0 Å². The van der Waals surface area contributed by atoms with E-state index in [-0.39, 0.29) is 29.0 Å². The highest BCUT2D eigenvalue weighted by atomic mass is 19.1. The van der Waals surface area contributed by atoms with Gasteiger partial charge in [0.2, 0.25) is 5.91 Å². The Balaban J connectivity index is 1.48. The number of hydrogen-bond donors (Lipinski definition) is 1. The Labute approximate surface area is 209 Å². The van der Waals surface area contributed by atoms with Gasteiger partial charge in [-0.05, 0) is 31.4 Å². The number of amides is 2.